The summed E-state index contributed by atoms with van der Waals surface area (Å²) >= 11 is 0. The van der Waals surface area contributed by atoms with Crippen LogP contribution >= 0.6 is 0 Å². The zero-order chi connectivity index (χ0) is 21.6. The molecule has 1 N–H and O–H groups in total. The number of rotatable bonds is 8. The van der Waals surface area contributed by atoms with E-state index in [-0.39, 0.29) is 17.3 Å². The minimum absolute atomic E-state index is 0.199. The van der Waals surface area contributed by atoms with Crippen molar-refractivity contribution in [3.05, 3.63) is 95.6 Å². The van der Waals surface area contributed by atoms with Crippen molar-refractivity contribution in [1.29, 1.82) is 0 Å². The lowest BCUT2D eigenvalue weighted by Gasteiger charge is -2.17. The molecule has 3 rings (SSSR count). The summed E-state index contributed by atoms with van der Waals surface area (Å²) in [6.45, 7) is 0.596. The highest BCUT2D eigenvalue weighted by atomic mass is 32.2. The summed E-state index contributed by atoms with van der Waals surface area (Å²) < 4.78 is 31.7. The van der Waals surface area contributed by atoms with E-state index in [0.29, 0.717) is 12.1 Å². The zero-order valence-corrected chi connectivity index (χ0v) is 17.7. The van der Waals surface area contributed by atoms with E-state index < -0.39 is 10.0 Å². The number of carbonyl (C=O) groups is 1. The molecule has 0 spiro atoms. The molecule has 0 unspecified atom stereocenters. The Balaban J connectivity index is 1.61. The minimum Gasteiger partial charge on any atom is -0.497 e. The fourth-order valence-corrected chi connectivity index (χ4v) is 4.12. The van der Waals surface area contributed by atoms with Crippen LogP contribution in [0.2, 0.25) is 0 Å². The van der Waals surface area contributed by atoms with Crippen molar-refractivity contribution in [2.45, 2.75) is 18.0 Å². The number of carbonyl (C=O) groups excluding carboxylic acids is 1. The molecule has 0 radical (unpaired) electrons. The summed E-state index contributed by atoms with van der Waals surface area (Å²) in [6.07, 6.45) is 0. The zero-order valence-electron chi connectivity index (χ0n) is 16.9. The van der Waals surface area contributed by atoms with Crippen LogP contribution in [0.3, 0.4) is 0 Å². The molecule has 156 valence electrons. The topological polar surface area (TPSA) is 75.7 Å². The SMILES string of the molecule is COc1cccc(CNC(=O)c2ccc(CN(C)S(=O)(=O)c3ccccc3)cc2)c1. The van der Waals surface area contributed by atoms with Gasteiger partial charge in [-0.1, -0.05) is 42.5 Å². The first-order chi connectivity index (χ1) is 14.4. The van der Waals surface area contributed by atoms with Gasteiger partial charge in [0.25, 0.3) is 5.91 Å². The Hall–Kier alpha value is -3.16. The number of amides is 1. The molecule has 0 bridgehead atoms. The Kier molecular flexibility index (Phi) is 6.87. The van der Waals surface area contributed by atoms with E-state index in [1.807, 2.05) is 24.3 Å². The maximum Gasteiger partial charge on any atom is 0.251 e. The van der Waals surface area contributed by atoms with E-state index in [1.165, 1.54) is 11.4 Å². The van der Waals surface area contributed by atoms with E-state index in [9.17, 15) is 13.2 Å². The average molecular weight is 425 g/mol. The molecule has 0 aliphatic heterocycles. The van der Waals surface area contributed by atoms with Gasteiger partial charge in [0.2, 0.25) is 10.0 Å². The van der Waals surface area contributed by atoms with Crippen molar-refractivity contribution in [3.63, 3.8) is 0 Å². The molecule has 0 aromatic heterocycles. The molecule has 1 amide bonds. The second-order valence-electron chi connectivity index (χ2n) is 6.81. The molecule has 7 heteroatoms. The molecule has 30 heavy (non-hydrogen) atoms. The van der Waals surface area contributed by atoms with Crippen molar-refractivity contribution >= 4 is 15.9 Å². The van der Waals surface area contributed by atoms with Crippen molar-refractivity contribution in [1.82, 2.24) is 9.62 Å². The Morgan fingerprint density at radius 1 is 0.933 bits per heavy atom. The third-order valence-corrected chi connectivity index (χ3v) is 6.48. The minimum atomic E-state index is -3.56. The van der Waals surface area contributed by atoms with Crippen molar-refractivity contribution in [2.75, 3.05) is 14.2 Å². The molecular formula is C23H24N2O4S. The third kappa shape index (κ3) is 5.25. The molecule has 0 saturated carbocycles. The molecule has 0 aliphatic carbocycles. The molecule has 0 saturated heterocycles. The molecule has 0 aliphatic rings. The molecular weight excluding hydrogens is 400 g/mol. The van der Waals surface area contributed by atoms with Crippen molar-refractivity contribution in [3.8, 4) is 5.75 Å². The van der Waals surface area contributed by atoms with Crippen LogP contribution in [-0.2, 0) is 23.1 Å². The van der Waals surface area contributed by atoms with Crippen LogP contribution in [0.5, 0.6) is 5.75 Å². The third-order valence-electron chi connectivity index (χ3n) is 4.66. The van der Waals surface area contributed by atoms with Crippen LogP contribution in [-0.4, -0.2) is 32.8 Å². The van der Waals surface area contributed by atoms with E-state index in [2.05, 4.69) is 5.32 Å². The number of nitrogens with zero attached hydrogens (tertiary/aromatic N) is 1. The summed E-state index contributed by atoms with van der Waals surface area (Å²) in [4.78, 5) is 12.7. The summed E-state index contributed by atoms with van der Waals surface area (Å²) in [5.41, 5.74) is 2.24. The number of hydrogen-bond acceptors (Lipinski definition) is 4. The van der Waals surface area contributed by atoms with Gasteiger partial charge in [-0.15, -0.1) is 0 Å². The number of nitrogens with one attached hydrogen (secondary N) is 1. The van der Waals surface area contributed by atoms with Gasteiger partial charge < -0.3 is 10.1 Å². The van der Waals surface area contributed by atoms with E-state index >= 15 is 0 Å². The molecule has 0 fully saturated rings. The lowest BCUT2D eigenvalue weighted by atomic mass is 10.1. The smallest absolute Gasteiger partial charge is 0.251 e. The Bertz CT molecular complexity index is 1100. The molecule has 3 aromatic rings. The first kappa shape index (κ1) is 21.5. The van der Waals surface area contributed by atoms with Gasteiger partial charge in [-0.2, -0.15) is 4.31 Å². The van der Waals surface area contributed by atoms with Crippen LogP contribution in [0.15, 0.2) is 83.8 Å². The van der Waals surface area contributed by atoms with Crippen LogP contribution in [0.1, 0.15) is 21.5 Å². The van der Waals surface area contributed by atoms with Crippen molar-refractivity contribution < 1.29 is 17.9 Å². The lowest BCUT2D eigenvalue weighted by Crippen LogP contribution is -2.26. The highest BCUT2D eigenvalue weighted by Crippen LogP contribution is 2.17. The van der Waals surface area contributed by atoms with Gasteiger partial charge in [-0.05, 0) is 47.5 Å². The summed E-state index contributed by atoms with van der Waals surface area (Å²) in [7, 11) is -0.427. The predicted molar refractivity (Wildman–Crippen MR) is 116 cm³/mol. The maximum atomic E-state index is 12.6. The van der Waals surface area contributed by atoms with E-state index in [4.69, 9.17) is 4.74 Å². The van der Waals surface area contributed by atoms with Gasteiger partial charge in [0.15, 0.2) is 0 Å². The first-order valence-electron chi connectivity index (χ1n) is 9.41. The molecule has 0 heterocycles. The van der Waals surface area contributed by atoms with Gasteiger partial charge in [0.1, 0.15) is 5.75 Å². The van der Waals surface area contributed by atoms with Crippen LogP contribution in [0, 0.1) is 0 Å². The predicted octanol–water partition coefficient (Wildman–Crippen LogP) is 3.45. The highest BCUT2D eigenvalue weighted by molar-refractivity contribution is 7.89. The van der Waals surface area contributed by atoms with Crippen LogP contribution in [0.25, 0.3) is 0 Å². The van der Waals surface area contributed by atoms with Gasteiger partial charge in [-0.3, -0.25) is 4.79 Å². The van der Waals surface area contributed by atoms with Crippen LogP contribution < -0.4 is 10.1 Å². The van der Waals surface area contributed by atoms with Gasteiger partial charge in [-0.25, -0.2) is 8.42 Å². The number of benzene rings is 3. The molecule has 6 nitrogen and oxygen atoms in total. The second kappa shape index (κ2) is 9.56. The van der Waals surface area contributed by atoms with Gasteiger partial charge >= 0.3 is 0 Å². The normalized spacial score (nSPS) is 11.3. The number of methoxy groups -OCH3 is 1. The monoisotopic (exact) mass is 424 g/mol. The largest absolute Gasteiger partial charge is 0.497 e. The summed E-state index contributed by atoms with van der Waals surface area (Å²) in [5.74, 6) is 0.537. The maximum absolute atomic E-state index is 12.6. The number of sulfonamides is 1. The average Bonchev–Trinajstić information content (AvgIpc) is 2.78. The number of ether oxygens (including phenoxy) is 1. The Labute approximate surface area is 177 Å². The van der Waals surface area contributed by atoms with E-state index in [1.54, 1.807) is 61.7 Å². The van der Waals surface area contributed by atoms with Crippen LogP contribution in [0.4, 0.5) is 0 Å². The van der Waals surface area contributed by atoms with Gasteiger partial charge in [0.05, 0.1) is 12.0 Å². The van der Waals surface area contributed by atoms with Crippen molar-refractivity contribution in [2.24, 2.45) is 0 Å². The fourth-order valence-electron chi connectivity index (χ4n) is 2.94. The Morgan fingerprint density at radius 3 is 2.30 bits per heavy atom. The van der Waals surface area contributed by atoms with E-state index in [0.717, 1.165) is 16.9 Å². The quantitative estimate of drug-likeness (QED) is 0.601. The summed E-state index contributed by atoms with van der Waals surface area (Å²) in [6, 6.07) is 22.7. The highest BCUT2D eigenvalue weighted by Gasteiger charge is 2.20. The first-order valence-corrected chi connectivity index (χ1v) is 10.9. The fraction of sp³-hybridized carbons (Fsp3) is 0.174. The Morgan fingerprint density at radius 2 is 1.63 bits per heavy atom. The van der Waals surface area contributed by atoms with Gasteiger partial charge in [0, 0.05) is 25.7 Å². The molecule has 0 atom stereocenters. The number of hydrogen-bond donors (Lipinski definition) is 1. The lowest BCUT2D eigenvalue weighted by molar-refractivity contribution is 0.0951. The second-order valence-corrected chi connectivity index (χ2v) is 8.85. The molecule has 3 aromatic carbocycles. The standard InChI is InChI=1S/C23H24N2O4S/c1-25(30(27,28)22-9-4-3-5-10-22)17-18-11-13-20(14-12-18)23(26)24-16-19-7-6-8-21(15-19)29-2/h3-15H,16-17H2,1-2H3,(H,24,26). The summed E-state index contributed by atoms with van der Waals surface area (Å²) in [5, 5.41) is 2.87.